The number of ether oxygens (including phenoxy) is 1. The maximum atomic E-state index is 11.0. The fourth-order valence-electron chi connectivity index (χ4n) is 2.71. The van der Waals surface area contributed by atoms with E-state index in [9.17, 15) is 4.79 Å². The van der Waals surface area contributed by atoms with Crippen LogP contribution in [0.25, 0.3) is 0 Å². The van der Waals surface area contributed by atoms with Gasteiger partial charge in [-0.3, -0.25) is 4.79 Å². The highest BCUT2D eigenvalue weighted by Gasteiger charge is 2.53. The van der Waals surface area contributed by atoms with E-state index in [4.69, 9.17) is 9.84 Å². The van der Waals surface area contributed by atoms with Crippen LogP contribution in [0.2, 0.25) is 0 Å². The van der Waals surface area contributed by atoms with Gasteiger partial charge in [0.1, 0.15) is 5.75 Å². The van der Waals surface area contributed by atoms with E-state index in [1.807, 2.05) is 24.3 Å². The largest absolute Gasteiger partial charge is 0.493 e. The van der Waals surface area contributed by atoms with Crippen molar-refractivity contribution in [2.75, 3.05) is 6.61 Å². The summed E-state index contributed by atoms with van der Waals surface area (Å²) in [6, 6.07) is 7.82. The van der Waals surface area contributed by atoms with Crippen LogP contribution >= 0.6 is 0 Å². The van der Waals surface area contributed by atoms with Crippen molar-refractivity contribution >= 4 is 5.97 Å². The zero-order chi connectivity index (χ0) is 11.2. The summed E-state index contributed by atoms with van der Waals surface area (Å²) in [5.74, 6) is 0.286. The minimum atomic E-state index is -0.715. The van der Waals surface area contributed by atoms with Crippen molar-refractivity contribution in [1.82, 2.24) is 0 Å². The van der Waals surface area contributed by atoms with Crippen LogP contribution in [0.4, 0.5) is 0 Å². The number of hydrogen-bond acceptors (Lipinski definition) is 2. The average Bonchev–Trinajstić information content (AvgIpc) is 3.03. The molecule has 84 valence electrons. The Morgan fingerprint density at radius 3 is 2.88 bits per heavy atom. The number of benzene rings is 1. The van der Waals surface area contributed by atoms with Gasteiger partial charge in [0, 0.05) is 11.3 Å². The molecule has 0 saturated heterocycles. The third kappa shape index (κ3) is 1.39. The van der Waals surface area contributed by atoms with Crippen molar-refractivity contribution in [2.24, 2.45) is 5.41 Å². The number of carbonyl (C=O) groups is 1. The predicted octanol–water partition coefficient (Wildman–Crippen LogP) is 2.42. The Kier molecular flexibility index (Phi) is 1.96. The first kappa shape index (κ1) is 9.70. The van der Waals surface area contributed by atoms with Crippen LogP contribution in [0.15, 0.2) is 24.3 Å². The van der Waals surface area contributed by atoms with E-state index in [2.05, 4.69) is 0 Å². The summed E-state index contributed by atoms with van der Waals surface area (Å²) >= 11 is 0. The molecule has 2 aliphatic rings. The number of fused-ring (bicyclic) bond motifs is 1. The topological polar surface area (TPSA) is 46.5 Å². The number of rotatable bonds is 2. The molecular weight excluding hydrogens is 204 g/mol. The van der Waals surface area contributed by atoms with Gasteiger partial charge >= 0.3 is 5.97 Å². The molecule has 1 heterocycles. The van der Waals surface area contributed by atoms with Gasteiger partial charge in [0.2, 0.25) is 0 Å². The normalized spacial score (nSPS) is 24.6. The molecule has 1 spiro atoms. The number of carboxylic acids is 1. The summed E-state index contributed by atoms with van der Waals surface area (Å²) in [5, 5.41) is 9.01. The summed E-state index contributed by atoms with van der Waals surface area (Å²) in [4.78, 5) is 11.0. The molecule has 3 rings (SSSR count). The Morgan fingerprint density at radius 2 is 2.19 bits per heavy atom. The van der Waals surface area contributed by atoms with E-state index in [1.165, 1.54) is 0 Å². The van der Waals surface area contributed by atoms with Crippen molar-refractivity contribution in [3.63, 3.8) is 0 Å². The van der Waals surface area contributed by atoms with Gasteiger partial charge in [-0.25, -0.2) is 0 Å². The molecule has 1 aliphatic heterocycles. The Labute approximate surface area is 94.0 Å². The monoisotopic (exact) mass is 218 g/mol. The standard InChI is InChI=1S/C13H14O3/c14-12(15)7-10-9-3-1-2-4-11(9)16-8-13(10)5-6-13/h1-4,10H,5-8H2,(H,14,15). The fourth-order valence-corrected chi connectivity index (χ4v) is 2.71. The summed E-state index contributed by atoms with van der Waals surface area (Å²) in [7, 11) is 0. The van der Waals surface area contributed by atoms with Crippen LogP contribution < -0.4 is 4.74 Å². The van der Waals surface area contributed by atoms with E-state index < -0.39 is 5.97 Å². The van der Waals surface area contributed by atoms with Crippen LogP contribution in [0.1, 0.15) is 30.7 Å². The van der Waals surface area contributed by atoms with Gasteiger partial charge in [-0.1, -0.05) is 18.2 Å². The predicted molar refractivity (Wildman–Crippen MR) is 58.6 cm³/mol. The lowest BCUT2D eigenvalue weighted by molar-refractivity contribution is -0.138. The lowest BCUT2D eigenvalue weighted by Gasteiger charge is -2.33. The third-order valence-electron chi connectivity index (χ3n) is 3.82. The molecule has 1 aromatic rings. The molecule has 1 saturated carbocycles. The van der Waals surface area contributed by atoms with Crippen molar-refractivity contribution in [3.05, 3.63) is 29.8 Å². The number of para-hydroxylation sites is 1. The highest BCUT2D eigenvalue weighted by Crippen LogP contribution is 2.60. The number of hydrogen-bond donors (Lipinski definition) is 1. The first-order valence-electron chi connectivity index (χ1n) is 5.65. The van der Waals surface area contributed by atoms with Gasteiger partial charge in [-0.2, -0.15) is 0 Å². The summed E-state index contributed by atoms with van der Waals surface area (Å²) < 4.78 is 5.72. The first-order chi connectivity index (χ1) is 7.71. The van der Waals surface area contributed by atoms with E-state index in [0.717, 1.165) is 24.2 Å². The van der Waals surface area contributed by atoms with Crippen LogP contribution in [-0.4, -0.2) is 17.7 Å². The van der Waals surface area contributed by atoms with Gasteiger partial charge in [0.25, 0.3) is 0 Å². The first-order valence-corrected chi connectivity index (χ1v) is 5.65. The zero-order valence-electron chi connectivity index (χ0n) is 8.98. The SMILES string of the molecule is O=C(O)CC1c2ccccc2OCC12CC2. The van der Waals surface area contributed by atoms with Crippen LogP contribution in [0, 0.1) is 5.41 Å². The minimum Gasteiger partial charge on any atom is -0.493 e. The molecule has 1 fully saturated rings. The highest BCUT2D eigenvalue weighted by molar-refractivity contribution is 5.69. The maximum Gasteiger partial charge on any atom is 0.303 e. The van der Waals surface area contributed by atoms with Crippen molar-refractivity contribution in [3.8, 4) is 5.75 Å². The second kappa shape index (κ2) is 3.24. The van der Waals surface area contributed by atoms with Gasteiger partial charge in [-0.05, 0) is 24.5 Å². The maximum absolute atomic E-state index is 11.0. The molecule has 0 radical (unpaired) electrons. The average molecular weight is 218 g/mol. The summed E-state index contributed by atoms with van der Waals surface area (Å²) in [5.41, 5.74) is 1.20. The fraction of sp³-hybridized carbons (Fsp3) is 0.462. The lowest BCUT2D eigenvalue weighted by atomic mass is 9.79. The Balaban J connectivity index is 2.00. The zero-order valence-corrected chi connectivity index (χ0v) is 8.98. The van der Waals surface area contributed by atoms with Crippen LogP contribution in [0.3, 0.4) is 0 Å². The van der Waals surface area contributed by atoms with Crippen molar-refractivity contribution < 1.29 is 14.6 Å². The quantitative estimate of drug-likeness (QED) is 0.829. The number of carboxylic acid groups (broad SMARTS) is 1. The molecule has 1 aliphatic carbocycles. The van der Waals surface area contributed by atoms with Crippen molar-refractivity contribution in [2.45, 2.75) is 25.2 Å². The molecule has 0 amide bonds. The Bertz CT molecular complexity index is 435. The van der Waals surface area contributed by atoms with Gasteiger partial charge in [0.15, 0.2) is 0 Å². The molecule has 1 unspecified atom stereocenters. The summed E-state index contributed by atoms with van der Waals surface area (Å²) in [6.45, 7) is 0.682. The molecule has 0 aromatic heterocycles. The van der Waals surface area contributed by atoms with Crippen LogP contribution in [-0.2, 0) is 4.79 Å². The van der Waals surface area contributed by atoms with Crippen LogP contribution in [0.5, 0.6) is 5.75 Å². The van der Waals surface area contributed by atoms with Gasteiger partial charge in [0.05, 0.1) is 13.0 Å². The van der Waals surface area contributed by atoms with Crippen molar-refractivity contribution in [1.29, 1.82) is 0 Å². The number of aliphatic carboxylic acids is 1. The molecule has 16 heavy (non-hydrogen) atoms. The highest BCUT2D eigenvalue weighted by atomic mass is 16.5. The molecule has 3 nitrogen and oxygen atoms in total. The Hall–Kier alpha value is -1.51. The smallest absolute Gasteiger partial charge is 0.303 e. The third-order valence-corrected chi connectivity index (χ3v) is 3.82. The van der Waals surface area contributed by atoms with E-state index in [1.54, 1.807) is 0 Å². The lowest BCUT2D eigenvalue weighted by Crippen LogP contribution is -2.29. The molecule has 1 atom stereocenters. The minimum absolute atomic E-state index is 0.118. The van der Waals surface area contributed by atoms with E-state index in [0.29, 0.717) is 6.61 Å². The molecule has 1 aromatic carbocycles. The van der Waals surface area contributed by atoms with E-state index >= 15 is 0 Å². The molecule has 3 heteroatoms. The van der Waals surface area contributed by atoms with Gasteiger partial charge < -0.3 is 9.84 Å². The summed E-state index contributed by atoms with van der Waals surface area (Å²) in [6.07, 6.45) is 2.42. The molecular formula is C13H14O3. The second-order valence-corrected chi connectivity index (χ2v) is 4.84. The van der Waals surface area contributed by atoms with E-state index in [-0.39, 0.29) is 17.8 Å². The Morgan fingerprint density at radius 1 is 1.44 bits per heavy atom. The second-order valence-electron chi connectivity index (χ2n) is 4.84. The molecule has 0 bridgehead atoms. The molecule has 1 N–H and O–H groups in total. The van der Waals surface area contributed by atoms with Gasteiger partial charge in [-0.15, -0.1) is 0 Å².